The van der Waals surface area contributed by atoms with Crippen LogP contribution in [0.5, 0.6) is 0 Å². The number of hydrogen-bond acceptors (Lipinski definition) is 3. The number of aromatic nitrogens is 1. The summed E-state index contributed by atoms with van der Waals surface area (Å²) in [5, 5.41) is 11.9. The number of halogens is 1. The molecule has 19 heavy (non-hydrogen) atoms. The molecule has 0 aliphatic rings. The Hall–Kier alpha value is -2.40. The van der Waals surface area contributed by atoms with Gasteiger partial charge in [-0.2, -0.15) is 0 Å². The Morgan fingerprint density at radius 1 is 1.16 bits per heavy atom. The number of carboxylic acid groups (broad SMARTS) is 1. The number of nitrogens with zero attached hydrogens (tertiary/aromatic N) is 1. The molecule has 0 aliphatic carbocycles. The molecule has 0 unspecified atom stereocenters. The fourth-order valence-corrected chi connectivity index (χ4v) is 1.70. The minimum absolute atomic E-state index is 0.0300. The summed E-state index contributed by atoms with van der Waals surface area (Å²) in [7, 11) is 0. The van der Waals surface area contributed by atoms with Crippen molar-refractivity contribution in [2.45, 2.75) is 0 Å². The monoisotopic (exact) mass is 276 g/mol. The Balaban J connectivity index is 2.31. The van der Waals surface area contributed by atoms with Gasteiger partial charge in [0.15, 0.2) is 0 Å². The Kier molecular flexibility index (Phi) is 3.77. The van der Waals surface area contributed by atoms with Crippen LogP contribution in [0.1, 0.15) is 20.7 Å². The van der Waals surface area contributed by atoms with Crippen molar-refractivity contribution in [1.29, 1.82) is 0 Å². The number of anilines is 1. The molecular weight excluding hydrogens is 268 g/mol. The molecule has 2 rings (SSSR count). The highest BCUT2D eigenvalue weighted by Crippen LogP contribution is 2.21. The highest BCUT2D eigenvalue weighted by Gasteiger charge is 2.17. The summed E-state index contributed by atoms with van der Waals surface area (Å²) in [6, 6.07) is 8.04. The Morgan fingerprint density at radius 2 is 1.89 bits per heavy atom. The number of amides is 1. The maximum absolute atomic E-state index is 12.0. The first-order valence-electron chi connectivity index (χ1n) is 5.33. The number of benzene rings is 1. The molecule has 6 heteroatoms. The second-order valence-corrected chi connectivity index (χ2v) is 4.07. The van der Waals surface area contributed by atoms with Crippen molar-refractivity contribution in [2.75, 3.05) is 5.32 Å². The van der Waals surface area contributed by atoms with Crippen molar-refractivity contribution >= 4 is 29.2 Å². The molecule has 2 aromatic rings. The molecule has 0 saturated heterocycles. The van der Waals surface area contributed by atoms with Gasteiger partial charge < -0.3 is 10.4 Å². The first-order chi connectivity index (χ1) is 9.09. The van der Waals surface area contributed by atoms with Gasteiger partial charge in [0.25, 0.3) is 5.91 Å². The predicted molar refractivity (Wildman–Crippen MR) is 70.6 cm³/mol. The van der Waals surface area contributed by atoms with Crippen molar-refractivity contribution < 1.29 is 14.7 Å². The summed E-state index contributed by atoms with van der Waals surface area (Å²) in [6.45, 7) is 0. The van der Waals surface area contributed by atoms with Crippen molar-refractivity contribution in [3.05, 3.63) is 58.9 Å². The van der Waals surface area contributed by atoms with E-state index in [1.54, 1.807) is 24.3 Å². The van der Waals surface area contributed by atoms with Crippen LogP contribution in [0, 0.1) is 0 Å². The number of rotatable bonds is 3. The van der Waals surface area contributed by atoms with Crippen LogP contribution in [-0.4, -0.2) is 22.0 Å². The molecule has 0 aliphatic heterocycles. The second kappa shape index (κ2) is 5.49. The van der Waals surface area contributed by atoms with E-state index >= 15 is 0 Å². The van der Waals surface area contributed by atoms with Gasteiger partial charge in [0.1, 0.15) is 0 Å². The fourth-order valence-electron chi connectivity index (χ4n) is 1.52. The van der Waals surface area contributed by atoms with Gasteiger partial charge in [0.05, 0.1) is 21.8 Å². The summed E-state index contributed by atoms with van der Waals surface area (Å²) in [5.74, 6) is -1.76. The van der Waals surface area contributed by atoms with E-state index in [4.69, 9.17) is 16.7 Å². The molecule has 1 amide bonds. The number of hydrogen-bond donors (Lipinski definition) is 2. The lowest BCUT2D eigenvalue weighted by Crippen LogP contribution is -2.16. The lowest BCUT2D eigenvalue weighted by molar-refractivity contribution is 0.0692. The van der Waals surface area contributed by atoms with Crippen LogP contribution < -0.4 is 5.32 Å². The van der Waals surface area contributed by atoms with Gasteiger partial charge in [-0.25, -0.2) is 4.79 Å². The van der Waals surface area contributed by atoms with Crippen LogP contribution in [0.25, 0.3) is 0 Å². The highest BCUT2D eigenvalue weighted by molar-refractivity contribution is 6.34. The Bertz CT molecular complexity index is 643. The van der Waals surface area contributed by atoms with E-state index in [-0.39, 0.29) is 11.1 Å². The van der Waals surface area contributed by atoms with Crippen LogP contribution in [0.2, 0.25) is 5.02 Å². The molecule has 0 fully saturated rings. The van der Waals surface area contributed by atoms with E-state index in [2.05, 4.69) is 10.3 Å². The van der Waals surface area contributed by atoms with E-state index in [0.717, 1.165) is 6.20 Å². The molecule has 0 atom stereocenters. The molecular formula is C13H9ClN2O3. The highest BCUT2D eigenvalue weighted by atomic mass is 35.5. The third kappa shape index (κ3) is 2.89. The topological polar surface area (TPSA) is 79.3 Å². The quantitative estimate of drug-likeness (QED) is 0.903. The SMILES string of the molecule is O=C(O)c1cnccc1C(=O)Nc1ccccc1Cl. The van der Waals surface area contributed by atoms with E-state index in [0.29, 0.717) is 10.7 Å². The lowest BCUT2D eigenvalue weighted by Gasteiger charge is -2.08. The third-order valence-electron chi connectivity index (χ3n) is 2.42. The fraction of sp³-hybridized carbons (Fsp3) is 0. The normalized spacial score (nSPS) is 9.95. The summed E-state index contributed by atoms with van der Waals surface area (Å²) in [6.07, 6.45) is 2.48. The lowest BCUT2D eigenvalue weighted by atomic mass is 10.1. The first-order valence-corrected chi connectivity index (χ1v) is 5.70. The smallest absolute Gasteiger partial charge is 0.338 e. The van der Waals surface area contributed by atoms with E-state index < -0.39 is 11.9 Å². The summed E-state index contributed by atoms with van der Waals surface area (Å²) >= 11 is 5.91. The summed E-state index contributed by atoms with van der Waals surface area (Å²) in [5.41, 5.74) is 0.289. The molecule has 0 radical (unpaired) electrons. The Morgan fingerprint density at radius 3 is 2.58 bits per heavy atom. The van der Waals surface area contributed by atoms with Crippen LogP contribution in [0.4, 0.5) is 5.69 Å². The molecule has 1 aromatic heterocycles. The van der Waals surface area contributed by atoms with Gasteiger partial charge >= 0.3 is 5.97 Å². The van der Waals surface area contributed by atoms with Crippen molar-refractivity contribution in [2.24, 2.45) is 0 Å². The zero-order valence-corrected chi connectivity index (χ0v) is 10.4. The van der Waals surface area contributed by atoms with Gasteiger partial charge in [0, 0.05) is 12.4 Å². The van der Waals surface area contributed by atoms with Gasteiger partial charge in [-0.15, -0.1) is 0 Å². The molecule has 0 bridgehead atoms. The number of para-hydroxylation sites is 1. The van der Waals surface area contributed by atoms with Crippen molar-refractivity contribution in [3.8, 4) is 0 Å². The maximum atomic E-state index is 12.0. The molecule has 1 aromatic carbocycles. The van der Waals surface area contributed by atoms with Gasteiger partial charge in [-0.05, 0) is 18.2 Å². The van der Waals surface area contributed by atoms with Crippen molar-refractivity contribution in [3.63, 3.8) is 0 Å². The number of nitrogens with one attached hydrogen (secondary N) is 1. The number of carboxylic acids is 1. The molecule has 2 N–H and O–H groups in total. The largest absolute Gasteiger partial charge is 0.478 e. The predicted octanol–water partition coefficient (Wildman–Crippen LogP) is 2.69. The van der Waals surface area contributed by atoms with E-state index in [1.165, 1.54) is 12.3 Å². The van der Waals surface area contributed by atoms with Crippen LogP contribution >= 0.6 is 11.6 Å². The average Bonchev–Trinajstić information content (AvgIpc) is 2.41. The van der Waals surface area contributed by atoms with Crippen molar-refractivity contribution in [1.82, 2.24) is 4.98 Å². The van der Waals surface area contributed by atoms with E-state index in [9.17, 15) is 9.59 Å². The van der Waals surface area contributed by atoms with Gasteiger partial charge in [-0.1, -0.05) is 23.7 Å². The number of carbonyl (C=O) groups is 2. The Labute approximate surface area is 113 Å². The number of pyridine rings is 1. The van der Waals surface area contributed by atoms with Gasteiger partial charge in [-0.3, -0.25) is 9.78 Å². The molecule has 5 nitrogen and oxygen atoms in total. The maximum Gasteiger partial charge on any atom is 0.338 e. The standard InChI is InChI=1S/C13H9ClN2O3/c14-10-3-1-2-4-11(10)16-12(17)8-5-6-15-7-9(8)13(18)19/h1-7H,(H,16,17)(H,18,19). The molecule has 1 heterocycles. The summed E-state index contributed by atoms with van der Waals surface area (Å²) in [4.78, 5) is 26.7. The third-order valence-corrected chi connectivity index (χ3v) is 2.75. The molecule has 0 saturated carbocycles. The molecule has 96 valence electrons. The number of aromatic carboxylic acids is 1. The van der Waals surface area contributed by atoms with Crippen LogP contribution in [0.15, 0.2) is 42.7 Å². The molecule has 0 spiro atoms. The average molecular weight is 277 g/mol. The van der Waals surface area contributed by atoms with E-state index in [1.807, 2.05) is 0 Å². The second-order valence-electron chi connectivity index (χ2n) is 3.66. The first kappa shape index (κ1) is 13.0. The number of carbonyl (C=O) groups excluding carboxylic acids is 1. The van der Waals surface area contributed by atoms with Crippen LogP contribution in [0.3, 0.4) is 0 Å². The van der Waals surface area contributed by atoms with Gasteiger partial charge in [0.2, 0.25) is 0 Å². The minimum atomic E-state index is -1.21. The zero-order chi connectivity index (χ0) is 13.8. The van der Waals surface area contributed by atoms with Crippen LogP contribution in [-0.2, 0) is 0 Å². The zero-order valence-electron chi connectivity index (χ0n) is 9.63. The minimum Gasteiger partial charge on any atom is -0.478 e. The summed E-state index contributed by atoms with van der Waals surface area (Å²) < 4.78 is 0.